The first-order valence-electron chi connectivity index (χ1n) is 9.70. The van der Waals surface area contributed by atoms with E-state index >= 15 is 0 Å². The number of carbonyl (C=O) groups is 2. The Kier molecular flexibility index (Phi) is 5.56. The summed E-state index contributed by atoms with van der Waals surface area (Å²) in [6.45, 7) is 1.17. The smallest absolute Gasteiger partial charge is 0.255 e. The van der Waals surface area contributed by atoms with Crippen molar-refractivity contribution in [2.75, 3.05) is 11.4 Å². The molecule has 0 unspecified atom stereocenters. The molecule has 1 N–H and O–H groups in total. The topological polar surface area (TPSA) is 58.6 Å². The second-order valence-electron chi connectivity index (χ2n) is 6.91. The normalized spacial score (nSPS) is 13.4. The van der Waals surface area contributed by atoms with Crippen LogP contribution in [0, 0.1) is 0 Å². The van der Waals surface area contributed by atoms with Crippen LogP contribution in [-0.4, -0.2) is 18.4 Å². The van der Waals surface area contributed by atoms with Gasteiger partial charge in [-0.3, -0.25) is 9.59 Å². The van der Waals surface area contributed by atoms with Gasteiger partial charge >= 0.3 is 0 Å². The van der Waals surface area contributed by atoms with E-state index in [9.17, 15) is 9.59 Å². The van der Waals surface area contributed by atoms with Crippen molar-refractivity contribution < 1.29 is 14.3 Å². The molecule has 29 heavy (non-hydrogen) atoms. The lowest BCUT2D eigenvalue weighted by Crippen LogP contribution is -2.24. The van der Waals surface area contributed by atoms with E-state index in [1.54, 1.807) is 17.0 Å². The van der Waals surface area contributed by atoms with E-state index in [1.165, 1.54) is 0 Å². The van der Waals surface area contributed by atoms with Crippen molar-refractivity contribution >= 4 is 17.5 Å². The van der Waals surface area contributed by atoms with Crippen molar-refractivity contribution in [3.8, 4) is 11.5 Å². The third-order valence-electron chi connectivity index (χ3n) is 4.88. The number of rotatable bonds is 6. The number of nitrogens with one attached hydrogen (secondary N) is 1. The van der Waals surface area contributed by atoms with E-state index in [0.29, 0.717) is 30.0 Å². The van der Waals surface area contributed by atoms with Gasteiger partial charge in [0.15, 0.2) is 0 Å². The Labute approximate surface area is 169 Å². The fourth-order valence-corrected chi connectivity index (χ4v) is 3.35. The van der Waals surface area contributed by atoms with Crippen LogP contribution in [0.15, 0.2) is 78.9 Å². The van der Waals surface area contributed by atoms with Gasteiger partial charge in [0.05, 0.1) is 5.56 Å². The third-order valence-corrected chi connectivity index (χ3v) is 4.88. The van der Waals surface area contributed by atoms with Gasteiger partial charge < -0.3 is 15.0 Å². The maximum atomic E-state index is 12.7. The number of carbonyl (C=O) groups excluding carboxylic acids is 2. The van der Waals surface area contributed by atoms with Gasteiger partial charge in [-0.1, -0.05) is 42.5 Å². The quantitative estimate of drug-likeness (QED) is 0.677. The maximum Gasteiger partial charge on any atom is 0.255 e. The average Bonchev–Trinajstić information content (AvgIpc) is 3.19. The Hall–Kier alpha value is -3.60. The molecule has 0 atom stereocenters. The van der Waals surface area contributed by atoms with E-state index < -0.39 is 0 Å². The van der Waals surface area contributed by atoms with E-state index in [1.807, 2.05) is 66.7 Å². The first-order chi connectivity index (χ1) is 14.2. The minimum Gasteiger partial charge on any atom is -0.457 e. The average molecular weight is 386 g/mol. The summed E-state index contributed by atoms with van der Waals surface area (Å²) < 4.78 is 5.87. The Morgan fingerprint density at radius 3 is 2.38 bits per heavy atom. The molecule has 5 nitrogen and oxygen atoms in total. The highest BCUT2D eigenvalue weighted by Crippen LogP contribution is 2.25. The first-order valence-corrected chi connectivity index (χ1v) is 9.70. The molecule has 4 rings (SSSR count). The number of anilines is 1. The van der Waals surface area contributed by atoms with Gasteiger partial charge in [-0.2, -0.15) is 0 Å². The molecule has 0 bridgehead atoms. The number of nitrogens with zero attached hydrogens (tertiary/aromatic N) is 1. The van der Waals surface area contributed by atoms with Crippen LogP contribution in [0.25, 0.3) is 0 Å². The molecule has 1 saturated heterocycles. The summed E-state index contributed by atoms with van der Waals surface area (Å²) in [4.78, 5) is 26.4. The molecule has 0 spiro atoms. The number of ether oxygens (including phenoxy) is 1. The maximum absolute atomic E-state index is 12.7. The molecule has 1 aliphatic heterocycles. The summed E-state index contributed by atoms with van der Waals surface area (Å²) in [5, 5.41) is 2.94. The van der Waals surface area contributed by atoms with Gasteiger partial charge in [0.25, 0.3) is 5.91 Å². The van der Waals surface area contributed by atoms with Gasteiger partial charge in [-0.15, -0.1) is 0 Å². The van der Waals surface area contributed by atoms with E-state index in [0.717, 1.165) is 24.2 Å². The van der Waals surface area contributed by atoms with Crippen LogP contribution in [0.3, 0.4) is 0 Å². The summed E-state index contributed by atoms with van der Waals surface area (Å²) in [7, 11) is 0. The van der Waals surface area contributed by atoms with Gasteiger partial charge in [-0.05, 0) is 48.4 Å². The third kappa shape index (κ3) is 4.46. The van der Waals surface area contributed by atoms with Crippen molar-refractivity contribution in [1.82, 2.24) is 5.32 Å². The molecule has 0 aliphatic carbocycles. The lowest BCUT2D eigenvalue weighted by molar-refractivity contribution is -0.117. The zero-order valence-electron chi connectivity index (χ0n) is 16.0. The van der Waals surface area contributed by atoms with Crippen molar-refractivity contribution in [3.63, 3.8) is 0 Å². The van der Waals surface area contributed by atoms with Crippen LogP contribution < -0.4 is 15.0 Å². The van der Waals surface area contributed by atoms with Gasteiger partial charge in [0, 0.05) is 25.2 Å². The second kappa shape index (κ2) is 8.61. The van der Waals surface area contributed by atoms with Crippen molar-refractivity contribution in [2.24, 2.45) is 0 Å². The molecule has 2 amide bonds. The summed E-state index contributed by atoms with van der Waals surface area (Å²) in [5.74, 6) is 1.16. The molecule has 0 aromatic heterocycles. The van der Waals surface area contributed by atoms with Crippen LogP contribution >= 0.6 is 0 Å². The lowest BCUT2D eigenvalue weighted by Gasteiger charge is -2.16. The van der Waals surface area contributed by atoms with Crippen molar-refractivity contribution in [1.29, 1.82) is 0 Å². The predicted octanol–water partition coefficient (Wildman–Crippen LogP) is 4.54. The molecule has 1 fully saturated rings. The van der Waals surface area contributed by atoms with Gasteiger partial charge in [-0.25, -0.2) is 0 Å². The summed E-state index contributed by atoms with van der Waals surface area (Å²) in [6, 6.07) is 24.3. The molecular formula is C24H22N2O3. The van der Waals surface area contributed by atoms with Gasteiger partial charge in [0.2, 0.25) is 5.91 Å². The Balaban J connectivity index is 1.40. The zero-order valence-corrected chi connectivity index (χ0v) is 16.0. The summed E-state index contributed by atoms with van der Waals surface area (Å²) in [5.41, 5.74) is 2.36. The predicted molar refractivity (Wildman–Crippen MR) is 112 cm³/mol. The SMILES string of the molecule is O=C(NCc1ccc(N2CCCC2=O)cc1)c1ccccc1Oc1ccccc1. The van der Waals surface area contributed by atoms with Crippen molar-refractivity contribution in [2.45, 2.75) is 19.4 Å². The van der Waals surface area contributed by atoms with E-state index in [-0.39, 0.29) is 11.8 Å². The largest absolute Gasteiger partial charge is 0.457 e. The van der Waals surface area contributed by atoms with Gasteiger partial charge in [0.1, 0.15) is 11.5 Å². The van der Waals surface area contributed by atoms with Crippen molar-refractivity contribution in [3.05, 3.63) is 90.0 Å². The number of benzene rings is 3. The number of para-hydroxylation sites is 2. The summed E-state index contributed by atoms with van der Waals surface area (Å²) in [6.07, 6.45) is 1.52. The van der Waals surface area contributed by atoms with Crippen LogP contribution in [0.2, 0.25) is 0 Å². The monoisotopic (exact) mass is 386 g/mol. The highest BCUT2D eigenvalue weighted by Gasteiger charge is 2.21. The molecule has 3 aromatic carbocycles. The highest BCUT2D eigenvalue weighted by molar-refractivity contribution is 5.97. The fourth-order valence-electron chi connectivity index (χ4n) is 3.35. The molecule has 1 heterocycles. The Morgan fingerprint density at radius 1 is 0.931 bits per heavy atom. The molecule has 146 valence electrons. The second-order valence-corrected chi connectivity index (χ2v) is 6.91. The molecule has 0 radical (unpaired) electrons. The number of amides is 2. The molecule has 3 aromatic rings. The molecule has 0 saturated carbocycles. The molecule has 1 aliphatic rings. The number of hydrogen-bond acceptors (Lipinski definition) is 3. The highest BCUT2D eigenvalue weighted by atomic mass is 16.5. The Morgan fingerprint density at radius 2 is 1.66 bits per heavy atom. The summed E-state index contributed by atoms with van der Waals surface area (Å²) >= 11 is 0. The van der Waals surface area contributed by atoms with Crippen LogP contribution in [0.4, 0.5) is 5.69 Å². The van der Waals surface area contributed by atoms with Crippen LogP contribution in [0.5, 0.6) is 11.5 Å². The first kappa shape index (κ1) is 18.7. The standard InChI is InChI=1S/C24H22N2O3/c27-23-11-6-16-26(23)19-14-12-18(13-15-19)17-25-24(28)21-9-4-5-10-22(21)29-20-7-2-1-3-8-20/h1-5,7-10,12-15H,6,11,16-17H2,(H,25,28). The minimum absolute atomic E-state index is 0.168. The zero-order chi connectivity index (χ0) is 20.1. The van der Waals surface area contributed by atoms with E-state index in [2.05, 4.69) is 5.32 Å². The van der Waals surface area contributed by atoms with Crippen LogP contribution in [0.1, 0.15) is 28.8 Å². The molecular weight excluding hydrogens is 364 g/mol. The fraction of sp³-hybridized carbons (Fsp3) is 0.167. The lowest BCUT2D eigenvalue weighted by atomic mass is 10.1. The molecule has 5 heteroatoms. The number of hydrogen-bond donors (Lipinski definition) is 1. The van der Waals surface area contributed by atoms with Crippen LogP contribution in [-0.2, 0) is 11.3 Å². The van der Waals surface area contributed by atoms with E-state index in [4.69, 9.17) is 4.74 Å². The Bertz CT molecular complexity index is 1000. The minimum atomic E-state index is -0.199.